The van der Waals surface area contributed by atoms with Crippen LogP contribution in [-0.2, 0) is 16.1 Å². The highest BCUT2D eigenvalue weighted by atomic mass is 16.5. The second-order valence-corrected chi connectivity index (χ2v) is 4.28. The lowest BCUT2D eigenvalue weighted by molar-refractivity contribution is -0.141. The molecule has 1 aromatic heterocycles. The topological polar surface area (TPSA) is 75.3 Å². The summed E-state index contributed by atoms with van der Waals surface area (Å²) in [6, 6.07) is 7.32. The molecular weight excluding hydrogens is 246 g/mol. The summed E-state index contributed by atoms with van der Waals surface area (Å²) in [7, 11) is 3.06. The second-order valence-electron chi connectivity index (χ2n) is 4.28. The molecule has 6 nitrogen and oxygen atoms in total. The summed E-state index contributed by atoms with van der Waals surface area (Å²) in [6.45, 7) is 0.402. The molecule has 2 aromatic rings. The van der Waals surface area contributed by atoms with Crippen molar-refractivity contribution in [3.63, 3.8) is 0 Å². The van der Waals surface area contributed by atoms with Gasteiger partial charge in [0.05, 0.1) is 24.7 Å². The smallest absolute Gasteiger partial charge is 0.319 e. The van der Waals surface area contributed by atoms with Gasteiger partial charge in [0.1, 0.15) is 5.69 Å². The molecule has 0 saturated carbocycles. The minimum absolute atomic E-state index is 0.116. The van der Waals surface area contributed by atoms with Crippen LogP contribution in [0.15, 0.2) is 29.1 Å². The highest BCUT2D eigenvalue weighted by Crippen LogP contribution is 2.06. The fourth-order valence-electron chi connectivity index (χ4n) is 1.77. The van der Waals surface area contributed by atoms with E-state index in [4.69, 9.17) is 0 Å². The van der Waals surface area contributed by atoms with Gasteiger partial charge in [-0.2, -0.15) is 0 Å². The molecule has 1 N–H and O–H groups in total. The fourth-order valence-corrected chi connectivity index (χ4v) is 1.77. The first-order valence-electron chi connectivity index (χ1n) is 5.83. The zero-order valence-corrected chi connectivity index (χ0v) is 10.8. The molecule has 0 spiro atoms. The summed E-state index contributed by atoms with van der Waals surface area (Å²) in [5.74, 6) is -0.347. The first kappa shape index (κ1) is 13.2. The molecule has 2 rings (SSSR count). The van der Waals surface area contributed by atoms with Gasteiger partial charge in [0.15, 0.2) is 0 Å². The van der Waals surface area contributed by atoms with Crippen LogP contribution in [0, 0.1) is 0 Å². The van der Waals surface area contributed by atoms with Gasteiger partial charge in [-0.25, -0.2) is 4.98 Å². The quantitative estimate of drug-likeness (QED) is 0.812. The molecule has 0 amide bonds. The summed E-state index contributed by atoms with van der Waals surface area (Å²) in [4.78, 5) is 31.8. The van der Waals surface area contributed by atoms with Crippen LogP contribution in [0.25, 0.3) is 11.0 Å². The van der Waals surface area contributed by atoms with Gasteiger partial charge in [-0.15, -0.1) is 0 Å². The molecule has 0 aliphatic heterocycles. The molecule has 0 unspecified atom stereocenters. The van der Waals surface area contributed by atoms with Crippen LogP contribution < -0.4 is 5.56 Å². The van der Waals surface area contributed by atoms with Gasteiger partial charge in [0.25, 0.3) is 5.56 Å². The van der Waals surface area contributed by atoms with Crippen molar-refractivity contribution < 1.29 is 9.53 Å². The lowest BCUT2D eigenvalue weighted by Crippen LogP contribution is -2.29. The molecule has 0 aliphatic carbocycles. The van der Waals surface area contributed by atoms with E-state index in [0.717, 1.165) is 5.52 Å². The number of carbonyl (C=O) groups is 1. The largest absolute Gasteiger partial charge is 0.468 e. The molecule has 1 heterocycles. The van der Waals surface area contributed by atoms with Crippen LogP contribution in [-0.4, -0.2) is 41.5 Å². The number of nitrogens with zero attached hydrogens (tertiary/aromatic N) is 2. The zero-order chi connectivity index (χ0) is 13.8. The van der Waals surface area contributed by atoms with Crippen LogP contribution in [0.3, 0.4) is 0 Å². The molecule has 0 atom stereocenters. The predicted octanol–water partition coefficient (Wildman–Crippen LogP) is 0.528. The Morgan fingerprint density at radius 1 is 1.42 bits per heavy atom. The van der Waals surface area contributed by atoms with Crippen molar-refractivity contribution in [3.8, 4) is 0 Å². The average Bonchev–Trinajstić information content (AvgIpc) is 2.39. The van der Waals surface area contributed by atoms with E-state index < -0.39 is 0 Å². The summed E-state index contributed by atoms with van der Waals surface area (Å²) in [5, 5.41) is 0. The van der Waals surface area contributed by atoms with Crippen LogP contribution >= 0.6 is 0 Å². The van der Waals surface area contributed by atoms with Crippen molar-refractivity contribution in [3.05, 3.63) is 40.3 Å². The van der Waals surface area contributed by atoms with Crippen molar-refractivity contribution in [2.24, 2.45) is 0 Å². The number of carbonyl (C=O) groups excluding carboxylic acids is 1. The van der Waals surface area contributed by atoms with Gasteiger partial charge in [-0.3, -0.25) is 14.5 Å². The molecule has 1 aromatic carbocycles. The minimum atomic E-state index is -0.347. The van der Waals surface area contributed by atoms with Crippen LogP contribution in [0.1, 0.15) is 5.69 Å². The molecule has 0 bridgehead atoms. The lowest BCUT2D eigenvalue weighted by atomic mass is 10.3. The van der Waals surface area contributed by atoms with E-state index in [1.807, 2.05) is 18.2 Å². The van der Waals surface area contributed by atoms with Gasteiger partial charge in [-0.1, -0.05) is 12.1 Å². The van der Waals surface area contributed by atoms with Gasteiger partial charge in [0.2, 0.25) is 0 Å². The second kappa shape index (κ2) is 5.62. The number of hydrogen-bond acceptors (Lipinski definition) is 5. The van der Waals surface area contributed by atoms with Crippen molar-refractivity contribution in [2.45, 2.75) is 6.54 Å². The number of ether oxygens (including phenoxy) is 1. The van der Waals surface area contributed by atoms with Gasteiger partial charge in [0, 0.05) is 6.54 Å². The summed E-state index contributed by atoms with van der Waals surface area (Å²) in [6.07, 6.45) is 0. The van der Waals surface area contributed by atoms with Crippen molar-refractivity contribution in [1.29, 1.82) is 0 Å². The third-order valence-corrected chi connectivity index (χ3v) is 2.72. The molecule has 0 radical (unpaired) electrons. The molecule has 19 heavy (non-hydrogen) atoms. The van der Waals surface area contributed by atoms with E-state index in [0.29, 0.717) is 11.2 Å². The molecule has 100 valence electrons. The van der Waals surface area contributed by atoms with E-state index in [1.165, 1.54) is 7.11 Å². The van der Waals surface area contributed by atoms with E-state index >= 15 is 0 Å². The minimum Gasteiger partial charge on any atom is -0.468 e. The lowest BCUT2D eigenvalue weighted by Gasteiger charge is -2.14. The monoisotopic (exact) mass is 261 g/mol. The number of nitrogens with one attached hydrogen (secondary N) is 1. The maximum atomic E-state index is 11.9. The first-order valence-corrected chi connectivity index (χ1v) is 5.83. The Morgan fingerprint density at radius 2 is 2.16 bits per heavy atom. The predicted molar refractivity (Wildman–Crippen MR) is 70.7 cm³/mol. The highest BCUT2D eigenvalue weighted by Gasteiger charge is 2.11. The molecule has 6 heteroatoms. The highest BCUT2D eigenvalue weighted by molar-refractivity contribution is 5.73. The fraction of sp³-hybridized carbons (Fsp3) is 0.308. The van der Waals surface area contributed by atoms with E-state index in [-0.39, 0.29) is 24.6 Å². The number of benzene rings is 1. The third-order valence-electron chi connectivity index (χ3n) is 2.72. The van der Waals surface area contributed by atoms with Gasteiger partial charge < -0.3 is 9.72 Å². The maximum Gasteiger partial charge on any atom is 0.319 e. The van der Waals surface area contributed by atoms with Crippen molar-refractivity contribution >= 4 is 17.0 Å². The van der Waals surface area contributed by atoms with E-state index in [1.54, 1.807) is 18.0 Å². The Kier molecular flexibility index (Phi) is 3.91. The number of rotatable bonds is 4. The number of aromatic amines is 1. The Bertz CT molecular complexity index is 651. The Morgan fingerprint density at radius 3 is 2.89 bits per heavy atom. The molecule has 0 saturated heterocycles. The van der Waals surface area contributed by atoms with Gasteiger partial charge in [-0.05, 0) is 19.2 Å². The van der Waals surface area contributed by atoms with Crippen molar-refractivity contribution in [2.75, 3.05) is 20.7 Å². The number of methoxy groups -OCH3 is 1. The molecule has 0 aliphatic rings. The van der Waals surface area contributed by atoms with E-state index in [2.05, 4.69) is 14.7 Å². The Balaban J connectivity index is 2.23. The Hall–Kier alpha value is -2.21. The summed E-state index contributed by atoms with van der Waals surface area (Å²) >= 11 is 0. The number of fused-ring (bicyclic) bond motifs is 1. The Labute approximate surface area is 110 Å². The SMILES string of the molecule is COC(=O)CN(C)Cc1nc2ccccc2[nH]c1=O. The number of aromatic nitrogens is 2. The van der Waals surface area contributed by atoms with Crippen LogP contribution in [0.5, 0.6) is 0 Å². The standard InChI is InChI=1S/C13H15N3O3/c1-16(8-12(17)19-2)7-11-13(18)15-10-6-4-3-5-9(10)14-11/h3-6H,7-8H2,1-2H3,(H,15,18). The van der Waals surface area contributed by atoms with Crippen LogP contribution in [0.4, 0.5) is 0 Å². The van der Waals surface area contributed by atoms with E-state index in [9.17, 15) is 9.59 Å². The average molecular weight is 261 g/mol. The maximum absolute atomic E-state index is 11.9. The summed E-state index contributed by atoms with van der Waals surface area (Å²) in [5.41, 5.74) is 1.57. The van der Waals surface area contributed by atoms with Gasteiger partial charge >= 0.3 is 5.97 Å². The molecular formula is C13H15N3O3. The van der Waals surface area contributed by atoms with Crippen molar-refractivity contribution in [1.82, 2.24) is 14.9 Å². The number of H-pyrrole nitrogens is 1. The first-order chi connectivity index (χ1) is 9.10. The molecule has 0 fully saturated rings. The number of hydrogen-bond donors (Lipinski definition) is 1. The number of likely N-dealkylation sites (N-methyl/N-ethyl adjacent to an activating group) is 1. The summed E-state index contributed by atoms with van der Waals surface area (Å²) < 4.78 is 4.57. The van der Waals surface area contributed by atoms with Crippen LogP contribution in [0.2, 0.25) is 0 Å². The zero-order valence-electron chi connectivity index (χ0n) is 10.8. The number of esters is 1. The normalized spacial score (nSPS) is 10.9. The number of para-hydroxylation sites is 2. The third kappa shape index (κ3) is 3.17.